The van der Waals surface area contributed by atoms with Gasteiger partial charge in [0.1, 0.15) is 6.04 Å². The highest BCUT2D eigenvalue weighted by Gasteiger charge is 2.34. The van der Waals surface area contributed by atoms with Crippen LogP contribution in [-0.2, 0) is 9.59 Å². The lowest BCUT2D eigenvalue weighted by Gasteiger charge is -2.21. The lowest BCUT2D eigenvalue weighted by Crippen LogP contribution is -2.42. The van der Waals surface area contributed by atoms with Crippen molar-refractivity contribution < 1.29 is 24.2 Å². The van der Waals surface area contributed by atoms with Gasteiger partial charge in [0, 0.05) is 6.54 Å². The molecule has 1 amide bonds. The van der Waals surface area contributed by atoms with Gasteiger partial charge in [-0.3, -0.25) is 4.79 Å². The zero-order chi connectivity index (χ0) is 16.8. The number of carboxylic acids is 1. The number of hydrogen-bond donors (Lipinski definition) is 1. The Hall–Kier alpha value is -2.50. The maximum absolute atomic E-state index is 12.2. The van der Waals surface area contributed by atoms with Crippen LogP contribution < -0.4 is 9.47 Å². The fraction of sp³-hybridized carbons (Fsp3) is 0.412. The third-order valence-electron chi connectivity index (χ3n) is 3.76. The molecule has 0 saturated carbocycles. The van der Waals surface area contributed by atoms with Crippen LogP contribution in [0.15, 0.2) is 24.3 Å². The summed E-state index contributed by atoms with van der Waals surface area (Å²) in [6, 6.07) is 4.67. The predicted molar refractivity (Wildman–Crippen MR) is 85.6 cm³/mol. The Balaban J connectivity index is 2.02. The molecule has 1 aliphatic rings. The second kappa shape index (κ2) is 7.67. The number of nitrogens with zero attached hydrogens (tertiary/aromatic N) is 1. The molecule has 0 radical (unpaired) electrons. The molecule has 1 N–H and O–H groups in total. The number of carboxylic acid groups (broad SMARTS) is 1. The lowest BCUT2D eigenvalue weighted by molar-refractivity contribution is -0.149. The van der Waals surface area contributed by atoms with Crippen LogP contribution in [-0.4, -0.2) is 48.2 Å². The zero-order valence-electron chi connectivity index (χ0n) is 13.3. The molecular formula is C17H21NO5. The number of allylic oxidation sites excluding steroid dienone is 1. The highest BCUT2D eigenvalue weighted by atomic mass is 16.5. The van der Waals surface area contributed by atoms with Crippen LogP contribution >= 0.6 is 0 Å². The van der Waals surface area contributed by atoms with E-state index in [1.54, 1.807) is 6.07 Å². The summed E-state index contributed by atoms with van der Waals surface area (Å²) >= 11 is 0. The third-order valence-corrected chi connectivity index (χ3v) is 3.76. The predicted octanol–water partition coefficient (Wildman–Crippen LogP) is 2.18. The number of likely N-dealkylation sites (tertiary alicyclic amines) is 1. The zero-order valence-corrected chi connectivity index (χ0v) is 13.3. The highest BCUT2D eigenvalue weighted by molar-refractivity contribution is 5.85. The van der Waals surface area contributed by atoms with E-state index < -0.39 is 12.0 Å². The fourth-order valence-electron chi connectivity index (χ4n) is 2.64. The summed E-state index contributed by atoms with van der Waals surface area (Å²) in [4.78, 5) is 24.7. The molecule has 6 heteroatoms. The van der Waals surface area contributed by atoms with Crippen molar-refractivity contribution in [2.45, 2.75) is 25.8 Å². The molecule has 0 aliphatic carbocycles. The van der Waals surface area contributed by atoms with E-state index in [0.717, 1.165) is 5.56 Å². The molecule has 1 aromatic rings. The van der Waals surface area contributed by atoms with Crippen LogP contribution in [0, 0.1) is 0 Å². The molecule has 23 heavy (non-hydrogen) atoms. The maximum Gasteiger partial charge on any atom is 0.326 e. The Morgan fingerprint density at radius 1 is 1.39 bits per heavy atom. The van der Waals surface area contributed by atoms with Gasteiger partial charge in [-0.05, 0) is 37.5 Å². The van der Waals surface area contributed by atoms with Gasteiger partial charge in [0.25, 0.3) is 5.91 Å². The SMILES string of the molecule is C/C=C/c1ccc(OCC(=O)N2CCC[C@H]2C(=O)O)c(OC)c1. The van der Waals surface area contributed by atoms with Crippen LogP contribution in [0.2, 0.25) is 0 Å². The number of amides is 1. The first-order valence-corrected chi connectivity index (χ1v) is 7.52. The Bertz CT molecular complexity index is 611. The molecule has 2 rings (SSSR count). The minimum absolute atomic E-state index is 0.205. The smallest absolute Gasteiger partial charge is 0.326 e. The van der Waals surface area contributed by atoms with Gasteiger partial charge in [-0.2, -0.15) is 0 Å². The number of rotatable bonds is 6. The van der Waals surface area contributed by atoms with Gasteiger partial charge < -0.3 is 19.5 Å². The number of carbonyl (C=O) groups is 2. The summed E-state index contributed by atoms with van der Waals surface area (Å²) in [7, 11) is 1.53. The summed E-state index contributed by atoms with van der Waals surface area (Å²) in [6.45, 7) is 2.17. The molecule has 6 nitrogen and oxygen atoms in total. The lowest BCUT2D eigenvalue weighted by atomic mass is 10.2. The summed E-state index contributed by atoms with van der Waals surface area (Å²) in [5.41, 5.74) is 0.966. The molecule has 0 aromatic heterocycles. The molecule has 1 saturated heterocycles. The van der Waals surface area contributed by atoms with Crippen molar-refractivity contribution in [2.24, 2.45) is 0 Å². The average molecular weight is 319 g/mol. The summed E-state index contributed by atoms with van der Waals surface area (Å²) in [6.07, 6.45) is 5.03. The molecule has 0 unspecified atom stereocenters. The molecule has 0 bridgehead atoms. The molecule has 0 spiro atoms. The summed E-state index contributed by atoms with van der Waals surface area (Å²) in [5, 5.41) is 9.12. The number of hydrogen-bond acceptors (Lipinski definition) is 4. The second-order valence-corrected chi connectivity index (χ2v) is 5.28. The van der Waals surface area contributed by atoms with E-state index >= 15 is 0 Å². The van der Waals surface area contributed by atoms with Crippen molar-refractivity contribution in [3.8, 4) is 11.5 Å². The van der Waals surface area contributed by atoms with Crippen molar-refractivity contribution in [3.05, 3.63) is 29.8 Å². The van der Waals surface area contributed by atoms with Gasteiger partial charge in [-0.25, -0.2) is 4.79 Å². The second-order valence-electron chi connectivity index (χ2n) is 5.28. The Morgan fingerprint density at radius 2 is 2.17 bits per heavy atom. The summed E-state index contributed by atoms with van der Waals surface area (Å²) < 4.78 is 10.8. The van der Waals surface area contributed by atoms with Gasteiger partial charge >= 0.3 is 5.97 Å². The van der Waals surface area contributed by atoms with Crippen LogP contribution in [0.1, 0.15) is 25.3 Å². The first-order valence-electron chi connectivity index (χ1n) is 7.52. The highest BCUT2D eigenvalue weighted by Crippen LogP contribution is 2.29. The largest absolute Gasteiger partial charge is 0.493 e. The third kappa shape index (κ3) is 4.03. The van der Waals surface area contributed by atoms with Crippen LogP contribution in [0.4, 0.5) is 0 Å². The molecule has 1 fully saturated rings. The quantitative estimate of drug-likeness (QED) is 0.870. The Kier molecular flexibility index (Phi) is 5.62. The van der Waals surface area contributed by atoms with Gasteiger partial charge in [0.05, 0.1) is 7.11 Å². The standard InChI is InChI=1S/C17H21NO5/c1-3-5-12-7-8-14(15(10-12)22-2)23-11-16(19)18-9-4-6-13(18)17(20)21/h3,5,7-8,10,13H,4,6,9,11H2,1-2H3,(H,20,21)/b5-3+/t13-/m0/s1. The minimum Gasteiger partial charge on any atom is -0.493 e. The average Bonchev–Trinajstić information content (AvgIpc) is 3.03. The number of ether oxygens (including phenoxy) is 2. The fourth-order valence-corrected chi connectivity index (χ4v) is 2.64. The number of carbonyl (C=O) groups excluding carboxylic acids is 1. The Morgan fingerprint density at radius 3 is 2.83 bits per heavy atom. The van der Waals surface area contributed by atoms with E-state index in [1.807, 2.05) is 31.2 Å². The van der Waals surface area contributed by atoms with Crippen molar-refractivity contribution in [3.63, 3.8) is 0 Å². The molecule has 1 aromatic carbocycles. The van der Waals surface area contributed by atoms with Crippen LogP contribution in [0.3, 0.4) is 0 Å². The molecule has 1 aliphatic heterocycles. The van der Waals surface area contributed by atoms with E-state index in [2.05, 4.69) is 0 Å². The van der Waals surface area contributed by atoms with Crippen LogP contribution in [0.5, 0.6) is 11.5 Å². The van der Waals surface area contributed by atoms with E-state index in [-0.39, 0.29) is 12.5 Å². The number of benzene rings is 1. The number of aliphatic carboxylic acids is 1. The van der Waals surface area contributed by atoms with E-state index in [1.165, 1.54) is 12.0 Å². The first-order chi connectivity index (χ1) is 11.1. The molecule has 1 atom stereocenters. The normalized spacial score (nSPS) is 17.5. The minimum atomic E-state index is -0.968. The molecular weight excluding hydrogens is 298 g/mol. The van der Waals surface area contributed by atoms with Crippen LogP contribution in [0.25, 0.3) is 6.08 Å². The van der Waals surface area contributed by atoms with E-state index in [4.69, 9.17) is 14.6 Å². The molecule has 124 valence electrons. The van der Waals surface area contributed by atoms with E-state index in [0.29, 0.717) is 30.9 Å². The maximum atomic E-state index is 12.2. The van der Waals surface area contributed by atoms with Crippen molar-refractivity contribution in [2.75, 3.05) is 20.3 Å². The van der Waals surface area contributed by atoms with Crippen molar-refractivity contribution in [1.82, 2.24) is 4.90 Å². The van der Waals surface area contributed by atoms with Gasteiger partial charge in [-0.15, -0.1) is 0 Å². The topological polar surface area (TPSA) is 76.1 Å². The van der Waals surface area contributed by atoms with E-state index in [9.17, 15) is 9.59 Å². The Labute approximate surface area is 135 Å². The van der Waals surface area contributed by atoms with Crippen molar-refractivity contribution in [1.29, 1.82) is 0 Å². The van der Waals surface area contributed by atoms with Crippen molar-refractivity contribution >= 4 is 18.0 Å². The van der Waals surface area contributed by atoms with Gasteiger partial charge in [0.2, 0.25) is 0 Å². The van der Waals surface area contributed by atoms with Gasteiger partial charge in [0.15, 0.2) is 18.1 Å². The van der Waals surface area contributed by atoms with Gasteiger partial charge in [-0.1, -0.05) is 18.2 Å². The first kappa shape index (κ1) is 16.9. The number of methoxy groups -OCH3 is 1. The monoisotopic (exact) mass is 319 g/mol. The molecule has 1 heterocycles. The summed E-state index contributed by atoms with van der Waals surface area (Å²) in [5.74, 6) is -0.302.